The molecule has 6 aliphatic carbocycles. The van der Waals surface area contributed by atoms with E-state index in [1.165, 1.54) is 18.4 Å². The van der Waals surface area contributed by atoms with Crippen molar-refractivity contribution >= 4 is 17.9 Å². The molecule has 0 radical (unpaired) electrons. The second-order valence-electron chi connectivity index (χ2n) is 21.9. The molecule has 1 saturated heterocycles. The van der Waals surface area contributed by atoms with E-state index in [0.29, 0.717) is 69.0 Å². The number of phenols is 1. The molecule has 1 N–H and O–H groups in total. The van der Waals surface area contributed by atoms with Crippen molar-refractivity contribution in [2.75, 3.05) is 13.2 Å². The highest BCUT2D eigenvalue weighted by Gasteiger charge is 2.70. The molecule has 8 rings (SSSR count). The lowest BCUT2D eigenvalue weighted by Gasteiger charge is -2.63. The Morgan fingerprint density at radius 1 is 0.671 bits per heavy atom. The smallest absolute Gasteiger partial charge is 0.335 e. The number of halogens is 4. The van der Waals surface area contributed by atoms with Crippen LogP contribution in [0.25, 0.3) is 0 Å². The fourth-order valence-electron chi connectivity index (χ4n) is 10.7. The van der Waals surface area contributed by atoms with Crippen LogP contribution in [0.2, 0.25) is 0 Å². The molecule has 1 aromatic carbocycles. The number of aromatic hydroxyl groups is 1. The van der Waals surface area contributed by atoms with Crippen LogP contribution in [0.5, 0.6) is 5.75 Å². The number of hydrogen-bond donors (Lipinski definition) is 1. The van der Waals surface area contributed by atoms with Gasteiger partial charge in [-0.2, -0.15) is 17.6 Å². The maximum Gasteiger partial charge on any atom is 0.335 e. The van der Waals surface area contributed by atoms with Gasteiger partial charge in [0.1, 0.15) is 35.8 Å². The van der Waals surface area contributed by atoms with Crippen molar-refractivity contribution in [1.29, 1.82) is 0 Å². The average Bonchev–Trinajstić information content (AvgIpc) is 3.89. The van der Waals surface area contributed by atoms with Gasteiger partial charge < -0.3 is 28.8 Å². The lowest BCUT2D eigenvalue weighted by molar-refractivity contribution is -0.355. The highest BCUT2D eigenvalue weighted by molar-refractivity contribution is 5.78. The lowest BCUT2D eigenvalue weighted by Crippen LogP contribution is -2.66. The van der Waals surface area contributed by atoms with Crippen LogP contribution in [-0.2, 0) is 38.1 Å². The van der Waals surface area contributed by atoms with Gasteiger partial charge in [0, 0.05) is 11.8 Å². The van der Waals surface area contributed by atoms with E-state index in [9.17, 15) is 31.9 Å². The van der Waals surface area contributed by atoms with E-state index in [4.69, 9.17) is 28.8 Å². The summed E-state index contributed by atoms with van der Waals surface area (Å²) < 4.78 is 85.2. The highest BCUT2D eigenvalue weighted by Crippen LogP contribution is 2.64. The SMILES string of the molecule is C.C.C.C.C.C.CCC(C)(C)C(=O)OC1(C(C)C)CCCC1.CCC(C)(C)C(=O)OC1(CC(=O)OC23CC4CC(C2)C2(OCC(F)(F)C(F)(F)CO2)C(C4)C3)CCCC1.CCC(C)c1ccc(O)cc1. The number of alkyl halides is 4. The first-order valence-electron chi connectivity index (χ1n) is 24.2. The summed E-state index contributed by atoms with van der Waals surface area (Å²) in [6.45, 7) is 17.4. The molecular formula is C57H102F4O9. The van der Waals surface area contributed by atoms with E-state index in [0.717, 1.165) is 38.5 Å². The van der Waals surface area contributed by atoms with E-state index in [1.54, 1.807) is 12.1 Å². The van der Waals surface area contributed by atoms with E-state index in [1.807, 2.05) is 53.7 Å². The third-order valence-corrected chi connectivity index (χ3v) is 16.1. The van der Waals surface area contributed by atoms with Gasteiger partial charge >= 0.3 is 29.8 Å². The number of benzene rings is 1. The summed E-state index contributed by atoms with van der Waals surface area (Å²) in [6.07, 6.45) is 12.4. The molecule has 70 heavy (non-hydrogen) atoms. The molecular weight excluding hydrogens is 905 g/mol. The molecule has 9 nitrogen and oxygen atoms in total. The lowest BCUT2D eigenvalue weighted by atomic mass is 9.51. The summed E-state index contributed by atoms with van der Waals surface area (Å²) in [7, 11) is 0. The van der Waals surface area contributed by atoms with Crippen LogP contribution in [0.15, 0.2) is 24.3 Å². The molecule has 7 aliphatic rings. The molecule has 3 atom stereocenters. The first kappa shape index (κ1) is 69.1. The normalized spacial score (nSPS) is 26.1. The van der Waals surface area contributed by atoms with Crippen molar-refractivity contribution in [2.24, 2.45) is 34.5 Å². The van der Waals surface area contributed by atoms with Gasteiger partial charge in [-0.3, -0.25) is 14.4 Å². The van der Waals surface area contributed by atoms with E-state index < -0.39 is 65.3 Å². The Labute approximate surface area is 424 Å². The van der Waals surface area contributed by atoms with Crippen LogP contribution in [-0.4, -0.2) is 70.7 Å². The summed E-state index contributed by atoms with van der Waals surface area (Å²) in [6, 6.07) is 7.43. The third-order valence-electron chi connectivity index (χ3n) is 16.1. The molecule has 412 valence electrons. The van der Waals surface area contributed by atoms with Crippen molar-refractivity contribution in [3.05, 3.63) is 29.8 Å². The van der Waals surface area contributed by atoms with Crippen LogP contribution in [0.3, 0.4) is 0 Å². The topological polar surface area (TPSA) is 118 Å². The number of rotatable bonds is 12. The first-order chi connectivity index (χ1) is 29.7. The highest BCUT2D eigenvalue weighted by atomic mass is 19.3. The van der Waals surface area contributed by atoms with Gasteiger partial charge in [-0.1, -0.05) is 98.2 Å². The minimum Gasteiger partial charge on any atom is -0.508 e. The van der Waals surface area contributed by atoms with Crippen LogP contribution in [0.4, 0.5) is 17.6 Å². The maximum absolute atomic E-state index is 14.0. The van der Waals surface area contributed by atoms with Crippen LogP contribution >= 0.6 is 0 Å². The molecule has 3 unspecified atom stereocenters. The van der Waals surface area contributed by atoms with Gasteiger partial charge in [-0.25, -0.2) is 0 Å². The molecule has 4 bridgehead atoms. The summed E-state index contributed by atoms with van der Waals surface area (Å²) in [5, 5.41) is 9.01. The molecule has 1 aliphatic heterocycles. The van der Waals surface area contributed by atoms with Gasteiger partial charge in [0.2, 0.25) is 0 Å². The van der Waals surface area contributed by atoms with Crippen LogP contribution < -0.4 is 0 Å². The fraction of sp³-hybridized carbons (Fsp3) is 0.842. The molecule has 6 saturated carbocycles. The minimum absolute atomic E-state index is 0. The summed E-state index contributed by atoms with van der Waals surface area (Å²) in [5.74, 6) is -10.2. The number of esters is 3. The number of carbonyl (C=O) groups excluding carboxylic acids is 3. The van der Waals surface area contributed by atoms with E-state index >= 15 is 0 Å². The van der Waals surface area contributed by atoms with E-state index in [-0.39, 0.29) is 79.9 Å². The second kappa shape index (κ2) is 26.3. The molecule has 1 spiro atoms. The number of hydrogen-bond acceptors (Lipinski definition) is 9. The Morgan fingerprint density at radius 2 is 1.10 bits per heavy atom. The van der Waals surface area contributed by atoms with Gasteiger partial charge in [-0.15, -0.1) is 0 Å². The standard InChI is InChI=1S/C27H38F4O6.C14H26O2.C10H14O.6CH4/c1-4-22(2,3)21(33)37-23(7-5-6-8-23)14-20(32)36-24-11-17-9-18(12-24)27(19(10-17)13-24)34-15-25(28,29)26(30,31)16-35-27;1-6-13(4,5)12(15)16-14(11(2)3)9-7-8-10-14;1-3-8(2)9-4-6-10(11)7-5-9;;;;;;/h17-19H,4-16H2,1-3H3;11H,6-10H2,1-5H3;4-8,11H,3H2,1-2H3;6*1H4. The van der Waals surface area contributed by atoms with Gasteiger partial charge in [0.25, 0.3) is 0 Å². The average molecular weight is 1010 g/mol. The summed E-state index contributed by atoms with van der Waals surface area (Å²) >= 11 is 0. The van der Waals surface area contributed by atoms with Gasteiger partial charge in [-0.05, 0) is 166 Å². The third kappa shape index (κ3) is 15.1. The van der Waals surface area contributed by atoms with Crippen molar-refractivity contribution in [3.63, 3.8) is 0 Å². The Morgan fingerprint density at radius 3 is 1.51 bits per heavy atom. The monoisotopic (exact) mass is 1010 g/mol. The van der Waals surface area contributed by atoms with Gasteiger partial charge in [0.05, 0.1) is 17.3 Å². The number of ether oxygens (including phenoxy) is 5. The Hall–Kier alpha value is -2.93. The molecule has 0 amide bonds. The zero-order valence-corrected chi connectivity index (χ0v) is 40.4. The zero-order chi connectivity index (χ0) is 47.6. The van der Waals surface area contributed by atoms with Crippen molar-refractivity contribution in [3.8, 4) is 5.75 Å². The molecule has 13 heteroatoms. The van der Waals surface area contributed by atoms with Crippen LogP contribution in [0.1, 0.15) is 234 Å². The van der Waals surface area contributed by atoms with Crippen molar-refractivity contribution in [2.45, 2.75) is 263 Å². The molecule has 1 aromatic rings. The molecule has 1 heterocycles. The Kier molecular flexibility index (Phi) is 26.0. The minimum atomic E-state index is -4.31. The largest absolute Gasteiger partial charge is 0.508 e. The molecule has 0 aromatic heterocycles. The summed E-state index contributed by atoms with van der Waals surface area (Å²) in [5.41, 5.74) is -1.57. The first-order valence-corrected chi connectivity index (χ1v) is 24.2. The maximum atomic E-state index is 14.0. The van der Waals surface area contributed by atoms with Crippen LogP contribution in [0, 0.1) is 34.5 Å². The predicted molar refractivity (Wildman–Crippen MR) is 276 cm³/mol. The zero-order valence-electron chi connectivity index (χ0n) is 40.4. The fourth-order valence-corrected chi connectivity index (χ4v) is 10.7. The molecule has 7 fully saturated rings. The second-order valence-corrected chi connectivity index (χ2v) is 21.9. The number of phenolic OH excluding ortho intramolecular Hbond substituents is 1. The Balaban J connectivity index is 0. The Bertz CT molecular complexity index is 1710. The van der Waals surface area contributed by atoms with E-state index in [2.05, 4.69) is 27.7 Å². The summed E-state index contributed by atoms with van der Waals surface area (Å²) in [4.78, 5) is 38.3. The number of carbonyl (C=O) groups is 3. The predicted octanol–water partition coefficient (Wildman–Crippen LogP) is 16.5. The van der Waals surface area contributed by atoms with Crippen molar-refractivity contribution in [1.82, 2.24) is 0 Å². The van der Waals surface area contributed by atoms with Gasteiger partial charge in [0.15, 0.2) is 5.79 Å². The van der Waals surface area contributed by atoms with Crippen molar-refractivity contribution < 1.29 is 60.7 Å². The quantitative estimate of drug-likeness (QED) is 0.124.